The molecule has 1 aliphatic carbocycles. The molecule has 0 N–H and O–H groups in total. The van der Waals surface area contributed by atoms with Gasteiger partial charge in [0.05, 0.1) is 0 Å². The van der Waals surface area contributed by atoms with Crippen molar-refractivity contribution in [2.45, 2.75) is 18.9 Å². The molecule has 3 heteroatoms. The Balaban J connectivity index is 1.76. The lowest BCUT2D eigenvalue weighted by atomic mass is 9.91. The van der Waals surface area contributed by atoms with Gasteiger partial charge in [0.25, 0.3) is 0 Å². The third kappa shape index (κ3) is 1.84. The molecule has 1 aliphatic heterocycles. The Hall–Kier alpha value is -1.18. The zero-order valence-electron chi connectivity index (χ0n) is 10.2. The number of ether oxygens (including phenoxy) is 1. The minimum absolute atomic E-state index is 0.168. The minimum Gasteiger partial charge on any atom is -0.485 e. The molecule has 0 amide bonds. The van der Waals surface area contributed by atoms with Gasteiger partial charge in [0.2, 0.25) is 0 Å². The van der Waals surface area contributed by atoms with Gasteiger partial charge in [-0.3, -0.25) is 0 Å². The maximum absolute atomic E-state index is 6.18. The standard InChI is InChI=1S/C16H12Cl2O/c17-12-1-3-14-9(7-12)5-11-6-10-8-13(18)2-4-15(10)19-16(11)14/h1-4,7-8,11,16H,5-6H2/t11-,16+/m1/s1. The van der Waals surface area contributed by atoms with Crippen molar-refractivity contribution in [2.24, 2.45) is 5.92 Å². The number of halogens is 2. The predicted octanol–water partition coefficient (Wildman–Crippen LogP) is 4.84. The lowest BCUT2D eigenvalue weighted by molar-refractivity contribution is 0.128. The van der Waals surface area contributed by atoms with Crippen molar-refractivity contribution in [1.29, 1.82) is 0 Å². The Morgan fingerprint density at radius 1 is 0.895 bits per heavy atom. The molecular weight excluding hydrogens is 279 g/mol. The molecular formula is C16H12Cl2O. The molecule has 0 aromatic heterocycles. The largest absolute Gasteiger partial charge is 0.485 e. The van der Waals surface area contributed by atoms with E-state index in [9.17, 15) is 0 Å². The van der Waals surface area contributed by atoms with Crippen LogP contribution in [0.4, 0.5) is 0 Å². The van der Waals surface area contributed by atoms with Crippen molar-refractivity contribution >= 4 is 23.2 Å². The Bertz CT molecular complexity index is 657. The van der Waals surface area contributed by atoms with Gasteiger partial charge in [0.15, 0.2) is 0 Å². The Kier molecular flexibility index (Phi) is 2.54. The second-order valence-corrected chi connectivity index (χ2v) is 6.17. The summed E-state index contributed by atoms with van der Waals surface area (Å²) >= 11 is 12.1. The number of rotatable bonds is 0. The van der Waals surface area contributed by atoms with Gasteiger partial charge in [-0.2, -0.15) is 0 Å². The summed E-state index contributed by atoms with van der Waals surface area (Å²) in [6.07, 6.45) is 2.22. The first-order chi connectivity index (χ1) is 9.20. The van der Waals surface area contributed by atoms with Crippen molar-refractivity contribution in [2.75, 3.05) is 0 Å². The topological polar surface area (TPSA) is 9.23 Å². The fraction of sp³-hybridized carbons (Fsp3) is 0.250. The van der Waals surface area contributed by atoms with Crippen LogP contribution in [0.1, 0.15) is 22.8 Å². The van der Waals surface area contributed by atoms with Crippen LogP contribution in [0.2, 0.25) is 10.0 Å². The number of hydrogen-bond donors (Lipinski definition) is 0. The zero-order valence-corrected chi connectivity index (χ0v) is 11.7. The third-order valence-electron chi connectivity index (χ3n) is 4.08. The highest BCUT2D eigenvalue weighted by Gasteiger charge is 2.38. The molecule has 0 saturated heterocycles. The summed E-state index contributed by atoms with van der Waals surface area (Å²) in [7, 11) is 0. The van der Waals surface area contributed by atoms with Crippen molar-refractivity contribution in [3.8, 4) is 5.75 Å². The van der Waals surface area contributed by atoms with Gasteiger partial charge in [-0.25, -0.2) is 0 Å². The van der Waals surface area contributed by atoms with Crippen LogP contribution in [-0.4, -0.2) is 0 Å². The molecule has 2 aliphatic rings. The van der Waals surface area contributed by atoms with Gasteiger partial charge in [-0.15, -0.1) is 0 Å². The predicted molar refractivity (Wildman–Crippen MR) is 77.2 cm³/mol. The first kappa shape index (κ1) is 11.6. The van der Waals surface area contributed by atoms with E-state index in [4.69, 9.17) is 27.9 Å². The molecule has 0 bridgehead atoms. The summed E-state index contributed by atoms with van der Waals surface area (Å²) in [5, 5.41) is 1.58. The van der Waals surface area contributed by atoms with Gasteiger partial charge in [-0.1, -0.05) is 29.3 Å². The van der Waals surface area contributed by atoms with Crippen LogP contribution in [0, 0.1) is 5.92 Å². The van der Waals surface area contributed by atoms with E-state index in [-0.39, 0.29) is 6.10 Å². The van der Waals surface area contributed by atoms with Crippen LogP contribution >= 0.6 is 23.2 Å². The van der Waals surface area contributed by atoms with Crippen molar-refractivity contribution < 1.29 is 4.74 Å². The van der Waals surface area contributed by atoms with Gasteiger partial charge >= 0.3 is 0 Å². The van der Waals surface area contributed by atoms with Crippen LogP contribution in [0.25, 0.3) is 0 Å². The molecule has 19 heavy (non-hydrogen) atoms. The molecule has 2 aromatic carbocycles. The maximum atomic E-state index is 6.18. The third-order valence-corrected chi connectivity index (χ3v) is 4.55. The maximum Gasteiger partial charge on any atom is 0.127 e. The van der Waals surface area contributed by atoms with E-state index in [0.717, 1.165) is 28.6 Å². The molecule has 0 spiro atoms. The SMILES string of the molecule is Clc1ccc2c(c1)C[C@H]1Cc3cc(Cl)ccc3[C@H]1O2. The van der Waals surface area contributed by atoms with Gasteiger partial charge in [-0.05, 0) is 59.9 Å². The highest BCUT2D eigenvalue weighted by atomic mass is 35.5. The second-order valence-electron chi connectivity index (χ2n) is 5.30. The van der Waals surface area contributed by atoms with Crippen molar-refractivity contribution in [1.82, 2.24) is 0 Å². The van der Waals surface area contributed by atoms with Crippen LogP contribution in [0.15, 0.2) is 36.4 Å². The smallest absolute Gasteiger partial charge is 0.127 e. The fourth-order valence-corrected chi connectivity index (χ4v) is 3.64. The molecule has 1 heterocycles. The molecule has 96 valence electrons. The van der Waals surface area contributed by atoms with Crippen LogP contribution < -0.4 is 4.74 Å². The second kappa shape index (κ2) is 4.16. The molecule has 1 nitrogen and oxygen atoms in total. The first-order valence-electron chi connectivity index (χ1n) is 6.44. The first-order valence-corrected chi connectivity index (χ1v) is 7.20. The summed E-state index contributed by atoms with van der Waals surface area (Å²) in [6.45, 7) is 0. The summed E-state index contributed by atoms with van der Waals surface area (Å²) in [6, 6.07) is 12.0. The molecule has 0 fully saturated rings. The summed E-state index contributed by atoms with van der Waals surface area (Å²) in [5.41, 5.74) is 3.82. The van der Waals surface area contributed by atoms with Gasteiger partial charge in [0.1, 0.15) is 11.9 Å². The van der Waals surface area contributed by atoms with Crippen molar-refractivity contribution in [3.63, 3.8) is 0 Å². The summed E-state index contributed by atoms with van der Waals surface area (Å²) < 4.78 is 6.18. The summed E-state index contributed by atoms with van der Waals surface area (Å²) in [5.74, 6) is 1.47. The number of benzene rings is 2. The highest BCUT2D eigenvalue weighted by molar-refractivity contribution is 6.31. The monoisotopic (exact) mass is 290 g/mol. The Morgan fingerprint density at radius 3 is 2.42 bits per heavy atom. The lowest BCUT2D eigenvalue weighted by Crippen LogP contribution is -2.22. The Morgan fingerprint density at radius 2 is 1.58 bits per heavy atom. The number of fused-ring (bicyclic) bond motifs is 4. The van der Waals surface area contributed by atoms with E-state index in [1.54, 1.807) is 0 Å². The van der Waals surface area contributed by atoms with E-state index in [0.29, 0.717) is 5.92 Å². The van der Waals surface area contributed by atoms with E-state index < -0.39 is 0 Å². The fourth-order valence-electron chi connectivity index (χ4n) is 3.25. The van der Waals surface area contributed by atoms with E-state index in [1.165, 1.54) is 16.7 Å². The molecule has 4 rings (SSSR count). The minimum atomic E-state index is 0.168. The van der Waals surface area contributed by atoms with Gasteiger partial charge < -0.3 is 4.74 Å². The van der Waals surface area contributed by atoms with Crippen LogP contribution in [0.5, 0.6) is 5.75 Å². The van der Waals surface area contributed by atoms with E-state index >= 15 is 0 Å². The molecule has 0 saturated carbocycles. The lowest BCUT2D eigenvalue weighted by Gasteiger charge is -2.29. The normalized spacial score (nSPS) is 23.3. The molecule has 0 radical (unpaired) electrons. The van der Waals surface area contributed by atoms with E-state index in [2.05, 4.69) is 12.1 Å². The Labute approximate surface area is 122 Å². The molecule has 2 atom stereocenters. The van der Waals surface area contributed by atoms with Crippen molar-refractivity contribution in [3.05, 3.63) is 63.1 Å². The van der Waals surface area contributed by atoms with E-state index in [1.807, 2.05) is 24.3 Å². The van der Waals surface area contributed by atoms with Crippen LogP contribution in [-0.2, 0) is 12.8 Å². The zero-order chi connectivity index (χ0) is 13.0. The van der Waals surface area contributed by atoms with Gasteiger partial charge in [0, 0.05) is 16.0 Å². The molecule has 2 aromatic rings. The molecule has 0 unspecified atom stereocenters. The van der Waals surface area contributed by atoms with Crippen LogP contribution in [0.3, 0.4) is 0 Å². The average molecular weight is 291 g/mol. The number of hydrogen-bond acceptors (Lipinski definition) is 1. The highest BCUT2D eigenvalue weighted by Crippen LogP contribution is 2.46. The quantitative estimate of drug-likeness (QED) is 0.674. The summed E-state index contributed by atoms with van der Waals surface area (Å²) in [4.78, 5) is 0. The average Bonchev–Trinajstić information content (AvgIpc) is 2.72.